The Bertz CT molecular complexity index is 1350. The lowest BCUT2D eigenvalue weighted by Gasteiger charge is -2.39. The maximum atomic E-state index is 13.1. The lowest BCUT2D eigenvalue weighted by Crippen LogP contribution is -2.47. The molecule has 0 radical (unpaired) electrons. The van der Waals surface area contributed by atoms with E-state index in [-0.39, 0.29) is 34.3 Å². The van der Waals surface area contributed by atoms with E-state index in [9.17, 15) is 24.9 Å². The normalized spacial score (nSPS) is 28.4. The number of carbonyl (C=O) groups excluding carboxylic acids is 2. The number of benzene rings is 1. The molecule has 1 aromatic carbocycles. The number of aliphatic hydroxyl groups is 1. The summed E-state index contributed by atoms with van der Waals surface area (Å²) in [6, 6.07) is 1.34. The molecule has 0 saturated carbocycles. The Morgan fingerprint density at radius 1 is 1.19 bits per heavy atom. The Hall–Kier alpha value is -3.84. The smallest absolute Gasteiger partial charge is 0.405 e. The van der Waals surface area contributed by atoms with Crippen molar-refractivity contribution in [2.24, 2.45) is 11.7 Å². The van der Waals surface area contributed by atoms with Crippen LogP contribution in [-0.2, 0) is 23.7 Å². The van der Waals surface area contributed by atoms with Crippen molar-refractivity contribution in [2.75, 3.05) is 37.5 Å². The van der Waals surface area contributed by atoms with E-state index >= 15 is 0 Å². The van der Waals surface area contributed by atoms with Crippen LogP contribution in [0.4, 0.5) is 16.2 Å². The number of hydrogen-bond donors (Lipinski definition) is 5. The Morgan fingerprint density at radius 2 is 1.91 bits per heavy atom. The molecule has 4 heterocycles. The molecule has 234 valence electrons. The zero-order valence-corrected chi connectivity index (χ0v) is 25.1. The minimum atomic E-state index is -1.46. The van der Waals surface area contributed by atoms with Crippen LogP contribution in [0.1, 0.15) is 39.2 Å². The Morgan fingerprint density at radius 3 is 2.51 bits per heavy atom. The summed E-state index contributed by atoms with van der Waals surface area (Å²) in [5.41, 5.74) is 7.59. The van der Waals surface area contributed by atoms with Crippen LogP contribution in [0.2, 0.25) is 0 Å². The lowest BCUT2D eigenvalue weighted by molar-refractivity contribution is -0.179. The van der Waals surface area contributed by atoms with E-state index in [1.807, 2.05) is 18.7 Å². The molecule has 12 heteroatoms. The number of methoxy groups -OCH3 is 2. The monoisotopic (exact) mass is 599 g/mol. The number of phenols is 2. The Kier molecular flexibility index (Phi) is 10.2. The minimum Gasteiger partial charge on any atom is -0.506 e. The average molecular weight is 600 g/mol. The first-order chi connectivity index (χ1) is 20.4. The van der Waals surface area contributed by atoms with Crippen molar-refractivity contribution in [3.05, 3.63) is 52.7 Å². The fourth-order valence-electron chi connectivity index (χ4n) is 5.58. The molecule has 0 aromatic heterocycles. The van der Waals surface area contributed by atoms with Crippen molar-refractivity contribution in [1.82, 2.24) is 0 Å². The zero-order chi connectivity index (χ0) is 31.4. The second-order valence-corrected chi connectivity index (χ2v) is 11.1. The third-order valence-corrected chi connectivity index (χ3v) is 7.98. The van der Waals surface area contributed by atoms with Gasteiger partial charge in [-0.1, -0.05) is 36.8 Å². The number of fused-ring (bicyclic) bond motifs is 9. The summed E-state index contributed by atoms with van der Waals surface area (Å²) < 4.78 is 22.8. The standard InChI is InChI=1S/C31H41N3O9/c1-16-12-19-25(34-10-7-11-34)22(35)15-21(26(19)36)33-29(37)17(2)8-6-9-23(40-4)28(43-31(32)39)20-14-18(3)27(42-30(20)38)24(13-16)41-5/h6,8-9,12,14-15,18,23-24,27-28,30,35-36,38H,7,10-11,13H2,1-5H3,(H2,32,39)(H,33,37)/t18?,23-,24-,27-,28?,30?/m0/s1. The predicted molar refractivity (Wildman–Crippen MR) is 161 cm³/mol. The lowest BCUT2D eigenvalue weighted by atomic mass is 9.88. The number of nitrogens with one attached hydrogen (secondary N) is 1. The summed E-state index contributed by atoms with van der Waals surface area (Å²) in [5.74, 6) is -1.06. The van der Waals surface area contributed by atoms with Crippen LogP contribution >= 0.6 is 0 Å². The largest absolute Gasteiger partial charge is 0.506 e. The second-order valence-electron chi connectivity index (χ2n) is 11.1. The van der Waals surface area contributed by atoms with Crippen LogP contribution < -0.4 is 16.0 Å². The van der Waals surface area contributed by atoms with Crippen LogP contribution in [0, 0.1) is 5.92 Å². The van der Waals surface area contributed by atoms with E-state index in [1.165, 1.54) is 19.3 Å². The van der Waals surface area contributed by atoms with Gasteiger partial charge in [-0.2, -0.15) is 0 Å². The number of hydrogen-bond acceptors (Lipinski definition) is 10. The molecule has 1 aromatic rings. The number of ether oxygens (including phenoxy) is 4. The topological polar surface area (TPSA) is 173 Å². The van der Waals surface area contributed by atoms with Gasteiger partial charge in [-0.15, -0.1) is 0 Å². The summed E-state index contributed by atoms with van der Waals surface area (Å²) in [4.78, 5) is 26.9. The summed E-state index contributed by atoms with van der Waals surface area (Å²) in [7, 11) is 2.95. The molecule has 5 rings (SSSR count). The second kappa shape index (κ2) is 13.6. The number of primary amides is 1. The number of allylic oxidation sites excluding steroid dienone is 2. The van der Waals surface area contributed by atoms with Crippen molar-refractivity contribution in [3.63, 3.8) is 0 Å². The van der Waals surface area contributed by atoms with Gasteiger partial charge in [0, 0.05) is 56.0 Å². The third kappa shape index (κ3) is 7.04. The van der Waals surface area contributed by atoms with Crippen LogP contribution in [0.5, 0.6) is 11.5 Å². The highest BCUT2D eigenvalue weighted by Gasteiger charge is 2.40. The number of phenolic OH excluding ortho intramolecular Hbond substituents is 2. The number of rotatable bonds is 4. The molecule has 4 aliphatic heterocycles. The highest BCUT2D eigenvalue weighted by atomic mass is 16.6. The van der Waals surface area contributed by atoms with Gasteiger partial charge in [0.05, 0.1) is 23.6 Å². The molecular formula is C31H41N3O9. The molecule has 0 spiro atoms. The first-order valence-corrected chi connectivity index (χ1v) is 14.2. The van der Waals surface area contributed by atoms with E-state index in [1.54, 1.807) is 38.3 Å². The predicted octanol–water partition coefficient (Wildman–Crippen LogP) is 3.33. The molecule has 0 aliphatic carbocycles. The number of aliphatic hydroxyl groups excluding tert-OH is 1. The molecule has 1 fully saturated rings. The van der Waals surface area contributed by atoms with E-state index in [4.69, 9.17) is 24.7 Å². The SMILES string of the molecule is CO[C@H]1C=CC=C(C)C(=O)Nc2cc(O)c(N3CCC3)c(c2O)C=C(C)C[C@H](OC)[C@H]2OC(O)C(=CC2C)C1OC(N)=O. The van der Waals surface area contributed by atoms with Crippen LogP contribution in [0.25, 0.3) is 6.08 Å². The number of nitrogens with zero attached hydrogens (tertiary/aromatic N) is 1. The molecule has 6 N–H and O–H groups in total. The van der Waals surface area contributed by atoms with Crippen molar-refractivity contribution < 1.29 is 43.9 Å². The number of nitrogens with two attached hydrogens (primary N) is 1. The van der Waals surface area contributed by atoms with Gasteiger partial charge in [0.15, 0.2) is 12.4 Å². The molecular weight excluding hydrogens is 558 g/mol. The Labute approximate surface area is 251 Å². The summed E-state index contributed by atoms with van der Waals surface area (Å²) in [5, 5.41) is 36.1. The number of aromatic hydroxyl groups is 2. The van der Waals surface area contributed by atoms with E-state index in [0.29, 0.717) is 17.7 Å². The molecule has 2 amide bonds. The van der Waals surface area contributed by atoms with Gasteiger partial charge in [0.2, 0.25) is 0 Å². The third-order valence-electron chi connectivity index (χ3n) is 7.98. The van der Waals surface area contributed by atoms with Gasteiger partial charge in [-0.3, -0.25) is 4.79 Å². The molecule has 43 heavy (non-hydrogen) atoms. The van der Waals surface area contributed by atoms with Crippen LogP contribution in [-0.4, -0.2) is 85.3 Å². The van der Waals surface area contributed by atoms with Gasteiger partial charge < -0.3 is 50.2 Å². The van der Waals surface area contributed by atoms with Gasteiger partial charge in [0.1, 0.15) is 17.6 Å². The maximum absolute atomic E-state index is 13.1. The summed E-state index contributed by atoms with van der Waals surface area (Å²) in [6.45, 7) is 6.76. The van der Waals surface area contributed by atoms with Gasteiger partial charge in [-0.25, -0.2) is 4.79 Å². The van der Waals surface area contributed by atoms with E-state index in [0.717, 1.165) is 25.1 Å². The molecule has 1 saturated heterocycles. The first-order valence-electron chi connectivity index (χ1n) is 14.2. The molecule has 4 bridgehead atoms. The van der Waals surface area contributed by atoms with E-state index < -0.39 is 42.7 Å². The van der Waals surface area contributed by atoms with Gasteiger partial charge >= 0.3 is 6.09 Å². The molecule has 12 nitrogen and oxygen atoms in total. The van der Waals surface area contributed by atoms with Crippen molar-refractivity contribution >= 4 is 29.5 Å². The quantitative estimate of drug-likeness (QED) is 0.196. The molecule has 3 unspecified atom stereocenters. The fourth-order valence-corrected chi connectivity index (χ4v) is 5.58. The van der Waals surface area contributed by atoms with Gasteiger partial charge in [-0.05, 0) is 32.8 Å². The zero-order valence-electron chi connectivity index (χ0n) is 25.1. The molecule has 6 atom stereocenters. The van der Waals surface area contributed by atoms with Gasteiger partial charge in [0.25, 0.3) is 5.91 Å². The minimum absolute atomic E-state index is 0.0539. The summed E-state index contributed by atoms with van der Waals surface area (Å²) >= 11 is 0. The molecule has 4 aliphatic rings. The number of carbonyl (C=O) groups is 2. The maximum Gasteiger partial charge on any atom is 0.405 e. The van der Waals surface area contributed by atoms with Crippen LogP contribution in [0.3, 0.4) is 0 Å². The van der Waals surface area contributed by atoms with E-state index in [2.05, 4.69) is 5.32 Å². The van der Waals surface area contributed by atoms with Crippen molar-refractivity contribution in [1.29, 1.82) is 0 Å². The van der Waals surface area contributed by atoms with Crippen molar-refractivity contribution in [2.45, 2.75) is 64.3 Å². The number of anilines is 2. The first kappa shape index (κ1) is 32.1. The summed E-state index contributed by atoms with van der Waals surface area (Å²) in [6.07, 6.45) is 3.78. The highest BCUT2D eigenvalue weighted by Crippen LogP contribution is 2.45. The number of amides is 2. The average Bonchev–Trinajstić information content (AvgIpc) is 2.92. The van der Waals surface area contributed by atoms with Crippen LogP contribution in [0.15, 0.2) is 47.1 Å². The van der Waals surface area contributed by atoms with Crippen molar-refractivity contribution in [3.8, 4) is 11.5 Å². The Balaban J connectivity index is 1.85. The fraction of sp³-hybridized carbons (Fsp3) is 0.484. The highest BCUT2D eigenvalue weighted by molar-refractivity contribution is 6.05.